The van der Waals surface area contributed by atoms with Crippen LogP contribution in [-0.4, -0.2) is 12.8 Å². The summed E-state index contributed by atoms with van der Waals surface area (Å²) in [6.07, 6.45) is 0. The van der Waals surface area contributed by atoms with E-state index in [4.69, 9.17) is 0 Å². The van der Waals surface area contributed by atoms with Crippen molar-refractivity contribution in [3.8, 4) is 0 Å². The van der Waals surface area contributed by atoms with Crippen LogP contribution in [0.3, 0.4) is 0 Å². The third kappa shape index (κ3) is 2.80. The fraction of sp³-hybridized carbons (Fsp3) is 0.0455. The van der Waals surface area contributed by atoms with Gasteiger partial charge in [-0.25, -0.2) is 0 Å². The predicted molar refractivity (Wildman–Crippen MR) is 98.3 cm³/mol. The summed E-state index contributed by atoms with van der Waals surface area (Å²) in [5.74, 6) is 0. The summed E-state index contributed by atoms with van der Waals surface area (Å²) in [7, 11) is 1.86. The summed E-state index contributed by atoms with van der Waals surface area (Å²) < 4.78 is 0. The smallest absolute Gasteiger partial charge is 0.0314 e. The first-order valence-electron chi connectivity index (χ1n) is 7.73. The van der Waals surface area contributed by atoms with E-state index in [1.165, 1.54) is 16.2 Å². The molecule has 0 aliphatic heterocycles. The van der Waals surface area contributed by atoms with E-state index in [-0.39, 0.29) is 20.1 Å². The van der Waals surface area contributed by atoms with Gasteiger partial charge >= 0.3 is 0 Å². The van der Waals surface area contributed by atoms with E-state index in [0.29, 0.717) is 0 Å². The van der Waals surface area contributed by atoms with E-state index in [1.807, 2.05) is 25.2 Å². The van der Waals surface area contributed by atoms with Gasteiger partial charge in [-0.1, -0.05) is 71.6 Å². The Hall–Kier alpha value is -2.28. The quantitative estimate of drug-likeness (QED) is 0.208. The van der Waals surface area contributed by atoms with Crippen molar-refractivity contribution in [2.24, 2.45) is 4.99 Å². The molecule has 0 atom stereocenters. The molecule has 0 bridgehead atoms. The Kier molecular flexibility index (Phi) is 4.89. The molecule has 4 rings (SSSR count). The van der Waals surface area contributed by atoms with E-state index in [0.717, 1.165) is 22.2 Å². The van der Waals surface area contributed by atoms with Crippen LogP contribution in [0.25, 0.3) is 21.5 Å². The zero-order valence-electron chi connectivity index (χ0n) is 13.3. The maximum Gasteiger partial charge on any atom is 0.0314 e. The minimum atomic E-state index is 0. The molecule has 1 radical (unpaired) electrons. The van der Waals surface area contributed by atoms with Gasteiger partial charge in [0.05, 0.1) is 0 Å². The molecule has 0 saturated carbocycles. The molecule has 24 heavy (non-hydrogen) atoms. The first kappa shape index (κ1) is 16.6. The second kappa shape index (κ2) is 7.09. The standard InChI is InChI=1S/C22H16N.Ir/c1-23-22(16-9-3-2-4-10-16)21-19-13-7-5-11-17(19)15-18-12-6-8-14-20(18)21;/h2-13,15H,1H3;/q-1;. The zero-order chi connectivity index (χ0) is 15.6. The number of fused-ring (bicyclic) bond motifs is 2. The van der Waals surface area contributed by atoms with Crippen molar-refractivity contribution in [1.29, 1.82) is 0 Å². The minimum Gasteiger partial charge on any atom is -0.297 e. The molecule has 0 spiro atoms. The van der Waals surface area contributed by atoms with Crippen molar-refractivity contribution in [1.82, 2.24) is 0 Å². The number of rotatable bonds is 2. The fourth-order valence-electron chi connectivity index (χ4n) is 3.17. The third-order valence-corrected chi connectivity index (χ3v) is 4.19. The van der Waals surface area contributed by atoms with Gasteiger partial charge < -0.3 is 0 Å². The third-order valence-electron chi connectivity index (χ3n) is 4.19. The van der Waals surface area contributed by atoms with E-state index < -0.39 is 0 Å². The summed E-state index contributed by atoms with van der Waals surface area (Å²) in [6.45, 7) is 0. The molecule has 0 aromatic heterocycles. The number of benzene rings is 4. The summed E-state index contributed by atoms with van der Waals surface area (Å²) in [6, 6.07) is 30.6. The molecule has 4 aromatic carbocycles. The molecule has 0 fully saturated rings. The normalized spacial score (nSPS) is 11.5. The summed E-state index contributed by atoms with van der Waals surface area (Å²) in [4.78, 5) is 4.63. The Morgan fingerprint density at radius 1 is 0.833 bits per heavy atom. The van der Waals surface area contributed by atoms with Crippen molar-refractivity contribution >= 4 is 27.3 Å². The maximum absolute atomic E-state index is 4.63. The van der Waals surface area contributed by atoms with Gasteiger partial charge in [0.1, 0.15) is 0 Å². The van der Waals surface area contributed by atoms with Gasteiger partial charge in [0.15, 0.2) is 0 Å². The fourth-order valence-corrected chi connectivity index (χ4v) is 3.17. The van der Waals surface area contributed by atoms with Gasteiger partial charge in [0, 0.05) is 32.9 Å². The average molecular weight is 487 g/mol. The van der Waals surface area contributed by atoms with Crippen LogP contribution in [0.4, 0.5) is 0 Å². The Bertz CT molecular complexity index is 966. The van der Waals surface area contributed by atoms with E-state index in [1.54, 1.807) is 0 Å². The number of hydrogen-bond donors (Lipinski definition) is 0. The summed E-state index contributed by atoms with van der Waals surface area (Å²) >= 11 is 0. The van der Waals surface area contributed by atoms with Crippen molar-refractivity contribution < 1.29 is 20.1 Å². The van der Waals surface area contributed by atoms with E-state index in [9.17, 15) is 0 Å². The first-order valence-corrected chi connectivity index (χ1v) is 7.73. The monoisotopic (exact) mass is 487 g/mol. The predicted octanol–water partition coefficient (Wildman–Crippen LogP) is 5.26. The van der Waals surface area contributed by atoms with Gasteiger partial charge in [-0.3, -0.25) is 4.99 Å². The van der Waals surface area contributed by atoms with Crippen molar-refractivity contribution in [2.75, 3.05) is 7.05 Å². The molecular weight excluding hydrogens is 470 g/mol. The zero-order valence-corrected chi connectivity index (χ0v) is 15.7. The molecule has 119 valence electrons. The molecule has 0 N–H and O–H groups in total. The molecule has 0 saturated heterocycles. The van der Waals surface area contributed by atoms with Crippen molar-refractivity contribution in [2.45, 2.75) is 0 Å². The van der Waals surface area contributed by atoms with E-state index in [2.05, 4.69) is 71.7 Å². The van der Waals surface area contributed by atoms with Crippen LogP contribution in [-0.2, 0) is 20.1 Å². The van der Waals surface area contributed by atoms with Crippen LogP contribution in [0.15, 0.2) is 83.9 Å². The number of aliphatic imine (C=N–C) groups is 1. The van der Waals surface area contributed by atoms with Gasteiger partial charge in [-0.15, -0.1) is 35.0 Å². The average Bonchev–Trinajstić information content (AvgIpc) is 2.62. The first-order chi connectivity index (χ1) is 11.4. The molecule has 0 heterocycles. The Morgan fingerprint density at radius 2 is 1.54 bits per heavy atom. The van der Waals surface area contributed by atoms with Crippen LogP contribution >= 0.6 is 0 Å². The summed E-state index contributed by atoms with van der Waals surface area (Å²) in [5.41, 5.74) is 3.30. The molecule has 0 unspecified atom stereocenters. The molecular formula is C22H16IrN-. The Morgan fingerprint density at radius 3 is 2.33 bits per heavy atom. The Labute approximate surface area is 155 Å². The van der Waals surface area contributed by atoms with Gasteiger partial charge in [-0.05, 0) is 10.9 Å². The van der Waals surface area contributed by atoms with Crippen LogP contribution in [0.1, 0.15) is 11.1 Å². The summed E-state index contributed by atoms with van der Waals surface area (Å²) in [5, 5.41) is 4.76. The molecule has 1 nitrogen and oxygen atoms in total. The Balaban J connectivity index is 0.00000169. The van der Waals surface area contributed by atoms with Crippen LogP contribution in [0, 0.1) is 6.07 Å². The van der Waals surface area contributed by atoms with Gasteiger partial charge in [-0.2, -0.15) is 0 Å². The van der Waals surface area contributed by atoms with Crippen LogP contribution in [0.2, 0.25) is 0 Å². The van der Waals surface area contributed by atoms with Gasteiger partial charge in [0.25, 0.3) is 0 Å². The number of nitrogens with zero attached hydrogens (tertiary/aromatic N) is 1. The van der Waals surface area contributed by atoms with Crippen molar-refractivity contribution in [3.05, 3.63) is 96.1 Å². The van der Waals surface area contributed by atoms with Crippen LogP contribution in [0.5, 0.6) is 0 Å². The second-order valence-corrected chi connectivity index (χ2v) is 5.55. The number of hydrogen-bond acceptors (Lipinski definition) is 1. The van der Waals surface area contributed by atoms with E-state index >= 15 is 0 Å². The van der Waals surface area contributed by atoms with Crippen LogP contribution < -0.4 is 0 Å². The largest absolute Gasteiger partial charge is 0.297 e. The maximum atomic E-state index is 4.63. The molecule has 2 heteroatoms. The minimum absolute atomic E-state index is 0. The topological polar surface area (TPSA) is 12.4 Å². The molecule has 0 amide bonds. The second-order valence-electron chi connectivity index (χ2n) is 5.55. The van der Waals surface area contributed by atoms with Crippen molar-refractivity contribution in [3.63, 3.8) is 0 Å². The van der Waals surface area contributed by atoms with Gasteiger partial charge in [0.2, 0.25) is 0 Å². The molecule has 0 aliphatic carbocycles. The molecule has 0 aliphatic rings. The molecule has 4 aromatic rings. The SMILES string of the molecule is CN=C(c1ccccc1)c1c2[c-]cccc2cc2ccccc12.[Ir].